The van der Waals surface area contributed by atoms with Gasteiger partial charge in [0.15, 0.2) is 18.5 Å². The second-order valence-corrected chi connectivity index (χ2v) is 3.41. The third kappa shape index (κ3) is 2.40. The predicted octanol–water partition coefficient (Wildman–Crippen LogP) is 1.82. The second kappa shape index (κ2) is 4.68. The molecule has 2 aromatic rings. The lowest BCUT2D eigenvalue weighted by molar-refractivity contribution is -0.754. The van der Waals surface area contributed by atoms with Crippen LogP contribution in [0.3, 0.4) is 0 Å². The number of aromatic nitrogens is 3. The summed E-state index contributed by atoms with van der Waals surface area (Å²) in [5.74, 6) is 0.755. The normalized spacial score (nSPS) is 10.5. The van der Waals surface area contributed by atoms with E-state index in [1.807, 2.05) is 23.0 Å². The molecule has 0 N–H and O–H groups in total. The minimum Gasteiger partial charge on any atom is -0.356 e. The zero-order chi connectivity index (χ0) is 10.5. The highest BCUT2D eigenvalue weighted by atomic mass is 16.5. The van der Waals surface area contributed by atoms with Crippen LogP contribution in [0.1, 0.15) is 19.8 Å². The molecular weight excluding hydrogens is 190 g/mol. The summed E-state index contributed by atoms with van der Waals surface area (Å²) in [5, 5.41) is 7.96. The molecule has 0 aliphatic carbocycles. The number of aryl methyl sites for hydroxylation is 1. The van der Waals surface area contributed by atoms with Gasteiger partial charge in [0.2, 0.25) is 0 Å². The van der Waals surface area contributed by atoms with E-state index in [1.165, 1.54) is 6.42 Å². The number of hydrogen-bond donors (Lipinski definition) is 0. The first-order chi connectivity index (χ1) is 7.40. The molecule has 78 valence electrons. The molecule has 0 unspecified atom stereocenters. The summed E-state index contributed by atoms with van der Waals surface area (Å²) < 4.78 is 6.98. The van der Waals surface area contributed by atoms with Gasteiger partial charge in [-0.1, -0.05) is 23.2 Å². The van der Waals surface area contributed by atoms with Crippen molar-refractivity contribution in [3.63, 3.8) is 0 Å². The van der Waals surface area contributed by atoms with Crippen LogP contribution in [-0.2, 0) is 6.54 Å². The minimum absolute atomic E-state index is 0.755. The Morgan fingerprint density at radius 3 is 2.93 bits per heavy atom. The van der Waals surface area contributed by atoms with Gasteiger partial charge in [-0.2, -0.15) is 0 Å². The van der Waals surface area contributed by atoms with Crippen LogP contribution < -0.4 is 4.68 Å². The van der Waals surface area contributed by atoms with Crippen molar-refractivity contribution >= 4 is 0 Å². The second-order valence-electron chi connectivity index (χ2n) is 3.41. The van der Waals surface area contributed by atoms with Crippen LogP contribution in [0, 0.1) is 0 Å². The topological polar surface area (TPSA) is 42.8 Å². The van der Waals surface area contributed by atoms with E-state index >= 15 is 0 Å². The summed E-state index contributed by atoms with van der Waals surface area (Å²) in [5.41, 5.74) is 0.959. The Morgan fingerprint density at radius 1 is 1.40 bits per heavy atom. The van der Waals surface area contributed by atoms with Gasteiger partial charge in [-0.25, -0.2) is 0 Å². The number of nitrogens with zero attached hydrogens (tertiary/aromatic N) is 3. The quantitative estimate of drug-likeness (QED) is 0.713. The Kier molecular flexibility index (Phi) is 3.07. The largest absolute Gasteiger partial charge is 0.356 e. The fourth-order valence-electron chi connectivity index (χ4n) is 1.35. The van der Waals surface area contributed by atoms with Crippen LogP contribution in [0.5, 0.6) is 0 Å². The van der Waals surface area contributed by atoms with Crippen LogP contribution >= 0.6 is 0 Å². The average Bonchev–Trinajstić information content (AvgIpc) is 2.80. The molecule has 0 saturated heterocycles. The van der Waals surface area contributed by atoms with Crippen molar-refractivity contribution in [2.24, 2.45) is 0 Å². The maximum atomic E-state index is 5.04. The molecule has 2 rings (SSSR count). The van der Waals surface area contributed by atoms with Gasteiger partial charge in [0, 0.05) is 18.6 Å². The molecule has 0 bridgehead atoms. The monoisotopic (exact) mass is 204 g/mol. The fourth-order valence-corrected chi connectivity index (χ4v) is 1.35. The van der Waals surface area contributed by atoms with Gasteiger partial charge in [0.1, 0.15) is 6.20 Å². The summed E-state index contributed by atoms with van der Waals surface area (Å²) in [6.45, 7) is 3.14. The number of unbranched alkanes of at least 4 members (excludes halogenated alkanes) is 1. The van der Waals surface area contributed by atoms with E-state index in [2.05, 4.69) is 17.2 Å². The molecule has 0 fully saturated rings. The first-order valence-electron chi connectivity index (χ1n) is 5.17. The van der Waals surface area contributed by atoms with E-state index < -0.39 is 0 Å². The van der Waals surface area contributed by atoms with Crippen LogP contribution in [-0.4, -0.2) is 10.3 Å². The fraction of sp³-hybridized carbons (Fsp3) is 0.364. The summed E-state index contributed by atoms with van der Waals surface area (Å²) in [7, 11) is 0. The highest BCUT2D eigenvalue weighted by Gasteiger charge is 2.06. The van der Waals surface area contributed by atoms with Gasteiger partial charge in [-0.15, -0.1) is 0 Å². The van der Waals surface area contributed by atoms with E-state index in [1.54, 1.807) is 12.4 Å². The molecule has 0 spiro atoms. The smallest absolute Gasteiger partial charge is 0.197 e. The van der Waals surface area contributed by atoms with Crippen molar-refractivity contribution in [2.45, 2.75) is 26.3 Å². The maximum Gasteiger partial charge on any atom is 0.197 e. The van der Waals surface area contributed by atoms with Crippen LogP contribution in [0.25, 0.3) is 11.3 Å². The zero-order valence-corrected chi connectivity index (χ0v) is 8.76. The van der Waals surface area contributed by atoms with E-state index in [0.717, 1.165) is 24.3 Å². The average molecular weight is 204 g/mol. The predicted molar refractivity (Wildman–Crippen MR) is 54.8 cm³/mol. The van der Waals surface area contributed by atoms with E-state index in [0.29, 0.717) is 0 Å². The molecule has 0 amide bonds. The summed E-state index contributed by atoms with van der Waals surface area (Å²) in [4.78, 5) is 0. The van der Waals surface area contributed by atoms with Gasteiger partial charge in [0.25, 0.3) is 0 Å². The van der Waals surface area contributed by atoms with Crippen LogP contribution in [0.2, 0.25) is 0 Å². The molecule has 2 heterocycles. The maximum absolute atomic E-state index is 5.04. The molecule has 2 aromatic heterocycles. The van der Waals surface area contributed by atoms with Crippen molar-refractivity contribution in [1.82, 2.24) is 10.3 Å². The number of hydrogen-bond acceptors (Lipinski definition) is 3. The Hall–Kier alpha value is -1.71. The first-order valence-corrected chi connectivity index (χ1v) is 5.17. The van der Waals surface area contributed by atoms with E-state index in [9.17, 15) is 0 Å². The van der Waals surface area contributed by atoms with Gasteiger partial charge < -0.3 is 4.52 Å². The van der Waals surface area contributed by atoms with Crippen LogP contribution in [0.4, 0.5) is 0 Å². The Morgan fingerprint density at radius 2 is 2.33 bits per heavy atom. The van der Waals surface area contributed by atoms with Gasteiger partial charge in [-0.3, -0.25) is 0 Å². The SMILES string of the molecule is CCCC[n+]1ccc(-c2ccno2)cn1. The molecule has 4 heteroatoms. The summed E-state index contributed by atoms with van der Waals surface area (Å²) >= 11 is 0. The first kappa shape index (κ1) is 9.83. The highest BCUT2D eigenvalue weighted by Crippen LogP contribution is 2.14. The summed E-state index contributed by atoms with van der Waals surface area (Å²) in [6.07, 6.45) is 7.73. The Balaban J connectivity index is 2.11. The standard InChI is InChI=1S/C11H14N3O/c1-2-3-7-14-8-5-10(9-12-14)11-4-6-13-15-11/h4-6,8-9H,2-3,7H2,1H3/q+1. The lowest BCUT2D eigenvalue weighted by atomic mass is 10.2. The molecule has 0 aromatic carbocycles. The van der Waals surface area contributed by atoms with Crippen molar-refractivity contribution in [2.75, 3.05) is 0 Å². The van der Waals surface area contributed by atoms with Crippen molar-refractivity contribution < 1.29 is 9.20 Å². The molecule has 4 nitrogen and oxygen atoms in total. The minimum atomic E-state index is 0.755. The van der Waals surface area contributed by atoms with E-state index in [-0.39, 0.29) is 0 Å². The molecule has 0 saturated carbocycles. The molecule has 0 radical (unpaired) electrons. The third-order valence-corrected chi connectivity index (χ3v) is 2.23. The Labute approximate surface area is 88.5 Å². The molecule has 0 aliphatic heterocycles. The van der Waals surface area contributed by atoms with Gasteiger partial charge in [-0.05, 0) is 5.10 Å². The van der Waals surface area contributed by atoms with Crippen molar-refractivity contribution in [3.8, 4) is 11.3 Å². The zero-order valence-electron chi connectivity index (χ0n) is 8.76. The van der Waals surface area contributed by atoms with Gasteiger partial charge in [0.05, 0.1) is 11.8 Å². The van der Waals surface area contributed by atoms with Crippen LogP contribution in [0.15, 0.2) is 35.2 Å². The summed E-state index contributed by atoms with van der Waals surface area (Å²) in [6, 6.07) is 3.82. The Bertz CT molecular complexity index is 394. The third-order valence-electron chi connectivity index (χ3n) is 2.23. The van der Waals surface area contributed by atoms with Crippen molar-refractivity contribution in [3.05, 3.63) is 30.7 Å². The highest BCUT2D eigenvalue weighted by molar-refractivity contribution is 5.53. The molecule has 0 aliphatic rings. The molecule has 0 atom stereocenters. The van der Waals surface area contributed by atoms with Crippen molar-refractivity contribution in [1.29, 1.82) is 0 Å². The lowest BCUT2D eigenvalue weighted by Gasteiger charge is -1.94. The van der Waals surface area contributed by atoms with E-state index in [4.69, 9.17) is 4.52 Å². The molecular formula is C11H14N3O+. The van der Waals surface area contributed by atoms with Gasteiger partial charge >= 0.3 is 0 Å². The number of rotatable bonds is 4. The molecule has 15 heavy (non-hydrogen) atoms. The lowest BCUT2D eigenvalue weighted by Crippen LogP contribution is -2.37.